The molecule has 4 fully saturated rings. The summed E-state index contributed by atoms with van der Waals surface area (Å²) in [5.41, 5.74) is 8.74. The number of pyridine rings is 1. The highest BCUT2D eigenvalue weighted by atomic mass is 16.5. The summed E-state index contributed by atoms with van der Waals surface area (Å²) >= 11 is 0. The second-order valence-electron chi connectivity index (χ2n) is 24.3. The number of carbonyl (C=O) groups excluding carboxylic acids is 2. The van der Waals surface area contributed by atoms with Gasteiger partial charge in [0.05, 0.1) is 12.7 Å². The predicted molar refractivity (Wildman–Crippen MR) is 314 cm³/mol. The predicted octanol–water partition coefficient (Wildman–Crippen LogP) is 11.8. The van der Waals surface area contributed by atoms with E-state index in [-0.39, 0.29) is 35.9 Å². The number of fused-ring (bicyclic) bond motifs is 2. The number of likely N-dealkylation sites (tertiary alicyclic amines) is 2. The van der Waals surface area contributed by atoms with Gasteiger partial charge in [-0.1, -0.05) is 32.8 Å². The van der Waals surface area contributed by atoms with Gasteiger partial charge in [-0.2, -0.15) is 9.97 Å². The largest absolute Gasteiger partial charge is 0.493 e. The van der Waals surface area contributed by atoms with Gasteiger partial charge >= 0.3 is 0 Å². The molecule has 2 aliphatic carbocycles. The third kappa shape index (κ3) is 13.1. The van der Waals surface area contributed by atoms with Crippen molar-refractivity contribution in [3.05, 3.63) is 94.3 Å². The maximum atomic E-state index is 14.4. The molecule has 2 saturated heterocycles. The number of benzene rings is 1. The van der Waals surface area contributed by atoms with Crippen LogP contribution in [0.1, 0.15) is 203 Å². The number of nitrogens with zero attached hydrogens (tertiary/aromatic N) is 10. The van der Waals surface area contributed by atoms with Crippen LogP contribution >= 0.6 is 0 Å². The molecule has 0 spiro atoms. The maximum absolute atomic E-state index is 14.4. The highest BCUT2D eigenvalue weighted by Crippen LogP contribution is 2.42. The van der Waals surface area contributed by atoms with Crippen LogP contribution in [0.15, 0.2) is 55.1 Å². The van der Waals surface area contributed by atoms with Crippen molar-refractivity contribution in [2.24, 2.45) is 5.92 Å². The van der Waals surface area contributed by atoms with E-state index in [2.05, 4.69) is 89.9 Å². The Labute approximate surface area is 468 Å². The van der Waals surface area contributed by atoms with Gasteiger partial charge in [-0.15, -0.1) is 0 Å². The Morgan fingerprint density at radius 2 is 1.14 bits per heavy atom. The summed E-state index contributed by atoms with van der Waals surface area (Å²) in [6.07, 6.45) is 23.8. The summed E-state index contributed by atoms with van der Waals surface area (Å²) in [6.45, 7) is 16.8. The van der Waals surface area contributed by atoms with Gasteiger partial charge in [0.2, 0.25) is 11.9 Å². The lowest BCUT2D eigenvalue weighted by Crippen LogP contribution is -2.38. The fourth-order valence-electron chi connectivity index (χ4n) is 13.4. The number of ether oxygens (including phenoxy) is 1. The molecule has 3 N–H and O–H groups in total. The van der Waals surface area contributed by atoms with Crippen molar-refractivity contribution in [2.45, 2.75) is 193 Å². The number of aryl methyl sites for hydroxylation is 2. The van der Waals surface area contributed by atoms with E-state index < -0.39 is 0 Å². The van der Waals surface area contributed by atoms with Crippen molar-refractivity contribution >= 4 is 45.8 Å². The van der Waals surface area contributed by atoms with Crippen LogP contribution in [0, 0.1) is 19.8 Å². The second-order valence-corrected chi connectivity index (χ2v) is 24.3. The second kappa shape index (κ2) is 25.1. The Bertz CT molecular complexity index is 3030. The number of hydrogen-bond acceptors (Lipinski definition) is 12. The Balaban J connectivity index is 0.794. The lowest BCUT2D eigenvalue weighted by molar-refractivity contribution is 0.0705. The highest BCUT2D eigenvalue weighted by molar-refractivity contribution is 5.95. The van der Waals surface area contributed by atoms with Crippen LogP contribution in [0.4, 0.5) is 11.9 Å². The van der Waals surface area contributed by atoms with Gasteiger partial charge in [0, 0.05) is 121 Å². The van der Waals surface area contributed by atoms with Crippen molar-refractivity contribution in [1.29, 1.82) is 0 Å². The highest BCUT2D eigenvalue weighted by Gasteiger charge is 2.33. The standard InChI is InChI=1S/C63H88N12O4/c1-9-11-40(3)67-62-64-34-53-55(46-25-29-73(30-26-46)61(78)49-31-42(5)66-43(6)32-49)37-74(58(53)69-62)50-17-13-44(14-18-50)39-79-57-33-47(15-16-48(57)36-71(7)8)60(77)72-27-23-45(24-28-72)56-38-75(51-19-21-52(76)22-20-51)59-54(56)35-65-63(70-59)68-41(4)12-10-2/h15-16,31-35,37-38,40-41,44-46,50-52,76H,9-14,17-30,36,39H2,1-8H3,(H,64,67,69)(H,65,68,70)/t40-,41-,44?,50?,51?,52?/m0/s1. The molecule has 16 nitrogen and oxygen atoms in total. The normalized spacial score (nSPS) is 21.4. The number of piperidine rings is 2. The zero-order valence-corrected chi connectivity index (χ0v) is 48.5. The number of aromatic nitrogens is 7. The molecule has 16 heteroatoms. The first kappa shape index (κ1) is 56.2. The van der Waals surface area contributed by atoms with Gasteiger partial charge in [-0.05, 0) is 185 Å². The Morgan fingerprint density at radius 1 is 0.658 bits per heavy atom. The summed E-state index contributed by atoms with van der Waals surface area (Å²) in [5, 5.41) is 19.7. The summed E-state index contributed by atoms with van der Waals surface area (Å²) < 4.78 is 11.6. The van der Waals surface area contributed by atoms with Gasteiger partial charge in [-0.25, -0.2) is 9.97 Å². The van der Waals surface area contributed by atoms with Crippen molar-refractivity contribution in [3.63, 3.8) is 0 Å². The quantitative estimate of drug-likeness (QED) is 0.0702. The number of carbonyl (C=O) groups is 2. The van der Waals surface area contributed by atoms with E-state index in [9.17, 15) is 14.7 Å². The maximum Gasteiger partial charge on any atom is 0.253 e. The Morgan fingerprint density at radius 3 is 1.62 bits per heavy atom. The zero-order chi connectivity index (χ0) is 55.3. The van der Waals surface area contributed by atoms with Gasteiger partial charge in [0.1, 0.15) is 17.0 Å². The first-order valence-corrected chi connectivity index (χ1v) is 30.1. The average Bonchev–Trinajstić information content (AvgIpc) is 4.01. The van der Waals surface area contributed by atoms with Crippen LogP contribution in [0.2, 0.25) is 0 Å². The molecule has 1 aromatic carbocycles. The van der Waals surface area contributed by atoms with Gasteiger partial charge in [0.25, 0.3) is 11.8 Å². The fourth-order valence-corrected chi connectivity index (χ4v) is 13.4. The number of nitrogens with one attached hydrogen (secondary N) is 2. The van der Waals surface area contributed by atoms with Crippen LogP contribution in [0.5, 0.6) is 5.75 Å². The molecular weight excluding hydrogens is 989 g/mol. The van der Waals surface area contributed by atoms with Crippen LogP contribution in [-0.2, 0) is 6.54 Å². The molecule has 2 aliphatic heterocycles. The van der Waals surface area contributed by atoms with E-state index in [1.165, 1.54) is 11.1 Å². The summed E-state index contributed by atoms with van der Waals surface area (Å²) in [5.74, 6) is 3.26. The van der Waals surface area contributed by atoms with E-state index >= 15 is 0 Å². The van der Waals surface area contributed by atoms with Crippen molar-refractivity contribution in [1.82, 2.24) is 48.8 Å². The van der Waals surface area contributed by atoms with Crippen LogP contribution in [0.3, 0.4) is 0 Å². The lowest BCUT2D eigenvalue weighted by atomic mass is 9.86. The third-order valence-corrected chi connectivity index (χ3v) is 17.7. The Kier molecular flexibility index (Phi) is 17.9. The molecule has 79 heavy (non-hydrogen) atoms. The van der Waals surface area contributed by atoms with Crippen LogP contribution in [0.25, 0.3) is 22.1 Å². The van der Waals surface area contributed by atoms with Crippen molar-refractivity contribution in [2.75, 3.05) is 57.5 Å². The van der Waals surface area contributed by atoms with E-state index in [4.69, 9.17) is 24.7 Å². The minimum absolute atomic E-state index is 0.0538. The lowest BCUT2D eigenvalue weighted by Gasteiger charge is -2.32. The van der Waals surface area contributed by atoms with E-state index in [1.807, 2.05) is 60.3 Å². The van der Waals surface area contributed by atoms with Gasteiger partial charge < -0.3 is 44.3 Å². The number of amides is 2. The molecule has 2 saturated carbocycles. The van der Waals surface area contributed by atoms with Gasteiger partial charge in [0.15, 0.2) is 0 Å². The zero-order valence-electron chi connectivity index (χ0n) is 48.5. The van der Waals surface area contributed by atoms with Crippen molar-refractivity contribution < 1.29 is 19.4 Å². The molecule has 0 unspecified atom stereocenters. The van der Waals surface area contributed by atoms with Gasteiger partial charge in [-0.3, -0.25) is 14.6 Å². The fraction of sp³-hybridized carbons (Fsp3) is 0.603. The molecule has 4 aliphatic rings. The third-order valence-electron chi connectivity index (χ3n) is 17.7. The topological polar surface area (TPSA) is 172 Å². The minimum Gasteiger partial charge on any atom is -0.493 e. The molecule has 424 valence electrons. The monoisotopic (exact) mass is 1080 g/mol. The molecule has 7 heterocycles. The number of rotatable bonds is 19. The minimum atomic E-state index is -0.228. The van der Waals surface area contributed by atoms with Crippen LogP contribution in [-0.4, -0.2) is 131 Å². The van der Waals surface area contributed by atoms with E-state index in [1.54, 1.807) is 0 Å². The molecule has 6 aromatic rings. The van der Waals surface area contributed by atoms with E-state index in [0.29, 0.717) is 80.7 Å². The first-order chi connectivity index (χ1) is 38.2. The van der Waals surface area contributed by atoms with E-state index in [0.717, 1.165) is 153 Å². The Hall–Kier alpha value is -6.13. The molecular formula is C63H88N12O4. The SMILES string of the molecule is CCC[C@H](C)Nc1ncc2c(C3CCN(C(=O)c4ccc(CN(C)C)c(OCC5CCC(n6cc(C7CCN(C(=O)c8cc(C)nc(C)c8)CC7)c7cnc(N[C@@H](C)CCC)nc76)CC5)c4)CC3)cn(C3CCC(O)CC3)c2n1. The molecule has 5 aromatic heterocycles. The number of anilines is 2. The smallest absolute Gasteiger partial charge is 0.253 e. The number of hydrogen-bond donors (Lipinski definition) is 3. The molecule has 2 atom stereocenters. The molecule has 2 amide bonds. The molecule has 0 radical (unpaired) electrons. The van der Waals surface area contributed by atoms with Crippen molar-refractivity contribution in [3.8, 4) is 5.75 Å². The summed E-state index contributed by atoms with van der Waals surface area (Å²) in [4.78, 5) is 58.8. The molecule has 10 rings (SSSR count). The average molecular weight is 1080 g/mol. The summed E-state index contributed by atoms with van der Waals surface area (Å²) in [7, 11) is 4.14. The first-order valence-electron chi connectivity index (χ1n) is 30.1. The number of aliphatic hydroxyl groups excluding tert-OH is 1. The van der Waals surface area contributed by atoms with Crippen LogP contribution < -0.4 is 15.4 Å². The molecule has 0 bridgehead atoms. The number of aliphatic hydroxyl groups is 1. The summed E-state index contributed by atoms with van der Waals surface area (Å²) in [6, 6.07) is 11.0.